The minimum atomic E-state index is -0.171. The van der Waals surface area contributed by atoms with E-state index >= 15 is 0 Å². The molecule has 0 aliphatic carbocycles. The second kappa shape index (κ2) is 8.36. The molecule has 1 amide bonds. The SMILES string of the molecule is Cc1ccccc1NC(=O)c1ccnc(Nc2ccc(OC(C)C)cc2)c1. The van der Waals surface area contributed by atoms with Crippen molar-refractivity contribution in [3.05, 3.63) is 78.0 Å². The summed E-state index contributed by atoms with van der Waals surface area (Å²) in [4.78, 5) is 16.8. The number of carbonyl (C=O) groups excluding carboxylic acids is 1. The number of carbonyl (C=O) groups is 1. The number of benzene rings is 2. The molecule has 0 atom stereocenters. The fourth-order valence-electron chi connectivity index (χ4n) is 2.58. The van der Waals surface area contributed by atoms with Crippen molar-refractivity contribution in [2.75, 3.05) is 10.6 Å². The maximum Gasteiger partial charge on any atom is 0.255 e. The smallest absolute Gasteiger partial charge is 0.255 e. The van der Waals surface area contributed by atoms with Gasteiger partial charge < -0.3 is 15.4 Å². The van der Waals surface area contributed by atoms with Gasteiger partial charge in [0.05, 0.1) is 6.10 Å². The average molecular weight is 361 g/mol. The third-order valence-corrected chi connectivity index (χ3v) is 3.91. The molecule has 138 valence electrons. The standard InChI is InChI=1S/C22H23N3O2/c1-15(2)27-19-10-8-18(9-11-19)24-21-14-17(12-13-23-21)22(26)25-20-7-5-4-6-16(20)3/h4-15H,1-3H3,(H,23,24)(H,25,26). The Morgan fingerprint density at radius 1 is 1.04 bits per heavy atom. The zero-order valence-corrected chi connectivity index (χ0v) is 15.7. The van der Waals surface area contributed by atoms with E-state index in [9.17, 15) is 4.79 Å². The quantitative estimate of drug-likeness (QED) is 0.635. The zero-order valence-electron chi connectivity index (χ0n) is 15.7. The number of aryl methyl sites for hydroxylation is 1. The van der Waals surface area contributed by atoms with Gasteiger partial charge in [0.15, 0.2) is 0 Å². The van der Waals surface area contributed by atoms with Crippen molar-refractivity contribution in [1.29, 1.82) is 0 Å². The molecular formula is C22H23N3O2. The highest BCUT2D eigenvalue weighted by Crippen LogP contribution is 2.21. The lowest BCUT2D eigenvalue weighted by Gasteiger charge is -2.11. The second-order valence-electron chi connectivity index (χ2n) is 6.51. The number of nitrogens with one attached hydrogen (secondary N) is 2. The van der Waals surface area contributed by atoms with Gasteiger partial charge in [-0.15, -0.1) is 0 Å². The lowest BCUT2D eigenvalue weighted by Crippen LogP contribution is -2.13. The zero-order chi connectivity index (χ0) is 19.2. The van der Waals surface area contributed by atoms with E-state index in [0.717, 1.165) is 22.7 Å². The Morgan fingerprint density at radius 2 is 1.78 bits per heavy atom. The highest BCUT2D eigenvalue weighted by Gasteiger charge is 2.09. The minimum Gasteiger partial charge on any atom is -0.491 e. The van der Waals surface area contributed by atoms with Gasteiger partial charge in [0, 0.05) is 23.1 Å². The van der Waals surface area contributed by atoms with Gasteiger partial charge in [-0.3, -0.25) is 4.79 Å². The summed E-state index contributed by atoms with van der Waals surface area (Å²) in [5, 5.41) is 6.14. The highest BCUT2D eigenvalue weighted by molar-refractivity contribution is 6.05. The second-order valence-corrected chi connectivity index (χ2v) is 6.51. The number of pyridine rings is 1. The van der Waals surface area contributed by atoms with Crippen molar-refractivity contribution in [2.45, 2.75) is 26.9 Å². The predicted molar refractivity (Wildman–Crippen MR) is 109 cm³/mol. The fraction of sp³-hybridized carbons (Fsp3) is 0.182. The van der Waals surface area contributed by atoms with Crippen molar-refractivity contribution in [3.63, 3.8) is 0 Å². The molecular weight excluding hydrogens is 338 g/mol. The van der Waals surface area contributed by atoms with E-state index in [4.69, 9.17) is 4.74 Å². The number of rotatable bonds is 6. The van der Waals surface area contributed by atoms with Crippen LogP contribution in [0.4, 0.5) is 17.2 Å². The Morgan fingerprint density at radius 3 is 2.48 bits per heavy atom. The summed E-state index contributed by atoms with van der Waals surface area (Å²) in [7, 11) is 0. The first-order valence-corrected chi connectivity index (χ1v) is 8.88. The van der Waals surface area contributed by atoms with Crippen LogP contribution < -0.4 is 15.4 Å². The number of aromatic nitrogens is 1. The van der Waals surface area contributed by atoms with Crippen LogP contribution in [0.3, 0.4) is 0 Å². The highest BCUT2D eigenvalue weighted by atomic mass is 16.5. The number of nitrogens with zero attached hydrogens (tertiary/aromatic N) is 1. The number of hydrogen-bond acceptors (Lipinski definition) is 4. The van der Waals surface area contributed by atoms with Crippen molar-refractivity contribution >= 4 is 23.1 Å². The lowest BCUT2D eigenvalue weighted by molar-refractivity contribution is 0.102. The molecule has 5 nitrogen and oxygen atoms in total. The van der Waals surface area contributed by atoms with Crippen LogP contribution in [-0.4, -0.2) is 17.0 Å². The molecule has 1 aromatic heterocycles. The van der Waals surface area contributed by atoms with E-state index in [1.54, 1.807) is 18.3 Å². The van der Waals surface area contributed by atoms with Crippen molar-refractivity contribution in [1.82, 2.24) is 4.98 Å². The van der Waals surface area contributed by atoms with Gasteiger partial charge >= 0.3 is 0 Å². The predicted octanol–water partition coefficient (Wildman–Crippen LogP) is 5.17. The third kappa shape index (κ3) is 5.07. The van der Waals surface area contributed by atoms with Gasteiger partial charge in [0.2, 0.25) is 0 Å². The molecule has 2 N–H and O–H groups in total. The molecule has 0 saturated carbocycles. The van der Waals surface area contributed by atoms with Gasteiger partial charge in [-0.05, 0) is 68.8 Å². The fourth-order valence-corrected chi connectivity index (χ4v) is 2.58. The summed E-state index contributed by atoms with van der Waals surface area (Å²) >= 11 is 0. The van der Waals surface area contributed by atoms with Crippen LogP contribution in [0.15, 0.2) is 66.9 Å². The van der Waals surface area contributed by atoms with Gasteiger partial charge in [-0.1, -0.05) is 18.2 Å². The summed E-state index contributed by atoms with van der Waals surface area (Å²) in [6.07, 6.45) is 1.75. The molecule has 5 heteroatoms. The Labute approximate surface area is 159 Å². The van der Waals surface area contributed by atoms with Crippen LogP contribution >= 0.6 is 0 Å². The molecule has 27 heavy (non-hydrogen) atoms. The van der Waals surface area contributed by atoms with Crippen molar-refractivity contribution in [2.24, 2.45) is 0 Å². The summed E-state index contributed by atoms with van der Waals surface area (Å²) < 4.78 is 5.64. The first-order chi connectivity index (χ1) is 13.0. The molecule has 0 bridgehead atoms. The van der Waals surface area contributed by atoms with Crippen LogP contribution in [0.5, 0.6) is 5.75 Å². The van der Waals surface area contributed by atoms with Crippen molar-refractivity contribution in [3.8, 4) is 5.75 Å². The number of amides is 1. The number of hydrogen-bond donors (Lipinski definition) is 2. The van der Waals surface area contributed by atoms with Gasteiger partial charge in [0.1, 0.15) is 11.6 Å². The molecule has 0 saturated heterocycles. The summed E-state index contributed by atoms with van der Waals surface area (Å²) in [6, 6.07) is 18.7. The Balaban J connectivity index is 1.70. The molecule has 3 aromatic rings. The van der Waals surface area contributed by atoms with Crippen LogP contribution in [0, 0.1) is 6.92 Å². The summed E-state index contributed by atoms with van der Waals surface area (Å²) in [6.45, 7) is 5.94. The van der Waals surface area contributed by atoms with E-state index in [1.807, 2.05) is 69.3 Å². The summed E-state index contributed by atoms with van der Waals surface area (Å²) in [5.74, 6) is 1.25. The largest absolute Gasteiger partial charge is 0.491 e. The van der Waals surface area contributed by atoms with Crippen LogP contribution in [-0.2, 0) is 0 Å². The minimum absolute atomic E-state index is 0.133. The average Bonchev–Trinajstić information content (AvgIpc) is 2.65. The number of ether oxygens (including phenoxy) is 1. The first-order valence-electron chi connectivity index (χ1n) is 8.88. The van der Waals surface area contributed by atoms with E-state index < -0.39 is 0 Å². The van der Waals surface area contributed by atoms with Crippen LogP contribution in [0.1, 0.15) is 29.8 Å². The molecule has 0 aliphatic heterocycles. The lowest BCUT2D eigenvalue weighted by atomic mass is 10.2. The van der Waals surface area contributed by atoms with Gasteiger partial charge in [-0.2, -0.15) is 0 Å². The first kappa shape index (κ1) is 18.5. The molecule has 1 heterocycles. The third-order valence-electron chi connectivity index (χ3n) is 3.91. The van der Waals surface area contributed by atoms with Crippen LogP contribution in [0.25, 0.3) is 0 Å². The van der Waals surface area contributed by atoms with Crippen molar-refractivity contribution < 1.29 is 9.53 Å². The number of para-hydroxylation sites is 1. The topological polar surface area (TPSA) is 63.2 Å². The maximum atomic E-state index is 12.5. The molecule has 0 radical (unpaired) electrons. The monoisotopic (exact) mass is 361 g/mol. The molecule has 0 unspecified atom stereocenters. The number of anilines is 3. The summed E-state index contributed by atoms with van der Waals surface area (Å²) in [5.41, 5.74) is 3.22. The normalized spacial score (nSPS) is 10.5. The van der Waals surface area contributed by atoms with Gasteiger partial charge in [-0.25, -0.2) is 4.98 Å². The van der Waals surface area contributed by atoms with Gasteiger partial charge in [0.25, 0.3) is 5.91 Å². The molecule has 2 aromatic carbocycles. The Kier molecular flexibility index (Phi) is 5.71. The van der Waals surface area contributed by atoms with E-state index in [2.05, 4.69) is 15.6 Å². The molecule has 0 spiro atoms. The Hall–Kier alpha value is -3.34. The Bertz CT molecular complexity index is 921. The molecule has 0 fully saturated rings. The van der Waals surface area contributed by atoms with E-state index in [0.29, 0.717) is 11.4 Å². The van der Waals surface area contributed by atoms with E-state index in [1.165, 1.54) is 0 Å². The van der Waals surface area contributed by atoms with Crippen LogP contribution in [0.2, 0.25) is 0 Å². The maximum absolute atomic E-state index is 12.5. The molecule has 3 rings (SSSR count). The van der Waals surface area contributed by atoms with E-state index in [-0.39, 0.29) is 12.0 Å². The molecule has 0 aliphatic rings.